The van der Waals surface area contributed by atoms with E-state index in [-0.39, 0.29) is 67.8 Å². The first-order chi connectivity index (χ1) is 14.9. The first kappa shape index (κ1) is 29.6. The van der Waals surface area contributed by atoms with Gasteiger partial charge in [0.2, 0.25) is 0 Å². The van der Waals surface area contributed by atoms with E-state index in [1.807, 2.05) is 0 Å². The summed E-state index contributed by atoms with van der Waals surface area (Å²) in [6.45, 7) is 2.24. The van der Waals surface area contributed by atoms with Gasteiger partial charge in [-0.15, -0.1) is 5.75 Å². The van der Waals surface area contributed by atoms with Gasteiger partial charge >= 0.3 is 51.4 Å². The zero-order chi connectivity index (χ0) is 22.5. The third kappa shape index (κ3) is 11.6. The maximum absolute atomic E-state index is 11.7. The Balaban J connectivity index is 0.00000512. The van der Waals surface area contributed by atoms with Crippen molar-refractivity contribution in [3.05, 3.63) is 48.0 Å². The van der Waals surface area contributed by atoms with Crippen LogP contribution in [0.4, 0.5) is 0 Å². The Labute approximate surface area is 236 Å². The van der Waals surface area contributed by atoms with Crippen LogP contribution in [-0.2, 0) is 16.5 Å². The summed E-state index contributed by atoms with van der Waals surface area (Å²) in [7, 11) is -4.41. The molecule has 0 atom stereocenters. The van der Waals surface area contributed by atoms with Gasteiger partial charge in [-0.2, -0.15) is 8.42 Å². The number of unbranched alkanes of at least 4 members (excludes halogenated alkanes) is 10. The molecule has 2 aromatic carbocycles. The van der Waals surface area contributed by atoms with Crippen LogP contribution in [0.2, 0.25) is 0 Å². The molecule has 2 aromatic rings. The van der Waals surface area contributed by atoms with E-state index in [9.17, 15) is 18.1 Å². The molecular formula is C25H35KO5S. The minimum Gasteiger partial charge on any atom is -0.872 e. The molecule has 0 unspecified atom stereocenters. The molecule has 2 rings (SSSR count). The SMILES string of the molecule is CCCCCCCCCCCCCc1ccc(S(=O)(=O)O)c(Oc2ccc([O-])cc2)c1.[K+]. The second-order valence-corrected chi connectivity index (χ2v) is 9.51. The van der Waals surface area contributed by atoms with Gasteiger partial charge in [0.15, 0.2) is 0 Å². The van der Waals surface area contributed by atoms with Crippen LogP contribution in [0.3, 0.4) is 0 Å². The van der Waals surface area contributed by atoms with E-state index in [2.05, 4.69) is 6.92 Å². The van der Waals surface area contributed by atoms with Gasteiger partial charge in [0.1, 0.15) is 16.4 Å². The molecule has 0 aliphatic carbocycles. The van der Waals surface area contributed by atoms with Crippen LogP contribution in [-0.4, -0.2) is 13.0 Å². The number of aryl methyl sites for hydroxylation is 1. The van der Waals surface area contributed by atoms with Crippen LogP contribution < -0.4 is 61.2 Å². The fourth-order valence-electron chi connectivity index (χ4n) is 3.63. The van der Waals surface area contributed by atoms with E-state index in [4.69, 9.17) is 4.74 Å². The summed E-state index contributed by atoms with van der Waals surface area (Å²) in [6, 6.07) is 10.4. The maximum Gasteiger partial charge on any atom is 1.00 e. The number of hydrogen-bond acceptors (Lipinski definition) is 4. The predicted molar refractivity (Wildman–Crippen MR) is 122 cm³/mol. The van der Waals surface area contributed by atoms with Crippen molar-refractivity contribution in [2.75, 3.05) is 0 Å². The van der Waals surface area contributed by atoms with Gasteiger partial charge in [-0.3, -0.25) is 4.55 Å². The fraction of sp³-hybridized carbons (Fsp3) is 0.520. The maximum atomic E-state index is 11.7. The van der Waals surface area contributed by atoms with Gasteiger partial charge in [0.25, 0.3) is 10.1 Å². The minimum absolute atomic E-state index is 0. The van der Waals surface area contributed by atoms with Crippen molar-refractivity contribution >= 4 is 10.1 Å². The zero-order valence-electron chi connectivity index (χ0n) is 19.5. The Morgan fingerprint density at radius 2 is 1.34 bits per heavy atom. The molecule has 0 spiro atoms. The number of rotatable bonds is 15. The number of benzene rings is 2. The molecule has 0 saturated heterocycles. The van der Waals surface area contributed by atoms with Crippen LogP contribution in [0, 0.1) is 0 Å². The third-order valence-corrected chi connectivity index (χ3v) is 6.30. The first-order valence-electron chi connectivity index (χ1n) is 11.5. The third-order valence-electron chi connectivity index (χ3n) is 5.41. The Morgan fingerprint density at radius 3 is 1.88 bits per heavy atom. The first-order valence-corrected chi connectivity index (χ1v) is 12.9. The summed E-state index contributed by atoms with van der Waals surface area (Å²) in [5.74, 6) is 0.255. The summed E-state index contributed by atoms with van der Waals surface area (Å²) in [5, 5.41) is 11.2. The monoisotopic (exact) mass is 486 g/mol. The zero-order valence-corrected chi connectivity index (χ0v) is 23.5. The van der Waals surface area contributed by atoms with E-state index < -0.39 is 10.1 Å². The average molecular weight is 487 g/mol. The smallest absolute Gasteiger partial charge is 0.872 e. The van der Waals surface area contributed by atoms with Gasteiger partial charge < -0.3 is 9.84 Å². The van der Waals surface area contributed by atoms with Crippen molar-refractivity contribution < 1.29 is 74.2 Å². The average Bonchev–Trinajstić information content (AvgIpc) is 2.73. The summed E-state index contributed by atoms with van der Waals surface area (Å²) < 4.78 is 38.6. The van der Waals surface area contributed by atoms with Crippen LogP contribution in [0.25, 0.3) is 0 Å². The molecule has 0 amide bonds. The minimum atomic E-state index is -4.41. The molecule has 0 bridgehead atoms. The van der Waals surface area contributed by atoms with Crippen LogP contribution in [0.15, 0.2) is 47.4 Å². The molecule has 0 aromatic heterocycles. The Kier molecular flexibility index (Phi) is 15.0. The molecular weight excluding hydrogens is 451 g/mol. The van der Waals surface area contributed by atoms with Crippen molar-refractivity contribution in [3.63, 3.8) is 0 Å². The Bertz CT molecular complexity index is 882. The van der Waals surface area contributed by atoms with Crippen LogP contribution in [0.5, 0.6) is 17.2 Å². The predicted octanol–water partition coefficient (Wildman–Crippen LogP) is 3.66. The molecule has 5 nitrogen and oxygen atoms in total. The second kappa shape index (κ2) is 16.3. The van der Waals surface area contributed by atoms with Crippen molar-refractivity contribution in [2.24, 2.45) is 0 Å². The summed E-state index contributed by atoms with van der Waals surface area (Å²) >= 11 is 0. The summed E-state index contributed by atoms with van der Waals surface area (Å²) in [4.78, 5) is -0.276. The van der Waals surface area contributed by atoms with Crippen LogP contribution in [0.1, 0.15) is 83.1 Å². The fourth-order valence-corrected chi connectivity index (χ4v) is 4.22. The van der Waals surface area contributed by atoms with E-state index in [0.717, 1.165) is 24.8 Å². The van der Waals surface area contributed by atoms with Crippen molar-refractivity contribution in [1.29, 1.82) is 0 Å². The largest absolute Gasteiger partial charge is 1.00 e. The van der Waals surface area contributed by atoms with Gasteiger partial charge in [0, 0.05) is 0 Å². The number of hydrogen-bond donors (Lipinski definition) is 1. The van der Waals surface area contributed by atoms with Crippen molar-refractivity contribution in [3.8, 4) is 17.2 Å². The molecule has 0 radical (unpaired) electrons. The quantitative estimate of drug-likeness (QED) is 0.236. The molecule has 0 heterocycles. The normalized spacial score (nSPS) is 11.2. The summed E-state index contributed by atoms with van der Waals surface area (Å²) in [5.41, 5.74) is 0.957. The molecule has 1 N–H and O–H groups in total. The molecule has 0 fully saturated rings. The van der Waals surface area contributed by atoms with Crippen LogP contribution >= 0.6 is 0 Å². The molecule has 0 saturated carbocycles. The van der Waals surface area contributed by atoms with Crippen molar-refractivity contribution in [2.45, 2.75) is 88.9 Å². The number of ether oxygens (including phenoxy) is 1. The molecule has 0 aliphatic heterocycles. The van der Waals surface area contributed by atoms with Gasteiger partial charge in [0.05, 0.1) is 0 Å². The molecule has 0 aliphatic rings. The van der Waals surface area contributed by atoms with Gasteiger partial charge in [-0.25, -0.2) is 0 Å². The molecule has 7 heteroatoms. The summed E-state index contributed by atoms with van der Waals surface area (Å²) in [6.07, 6.45) is 14.8. The molecule has 172 valence electrons. The van der Waals surface area contributed by atoms with E-state index in [0.29, 0.717) is 5.75 Å². The van der Waals surface area contributed by atoms with E-state index in [1.165, 1.54) is 88.1 Å². The standard InChI is InChI=1S/C25H36O5S.K/c1-2-3-4-5-6-7-8-9-10-11-12-13-21-14-19-25(31(27,28)29)24(20-21)30-23-17-15-22(26)16-18-23;/h14-20,26H,2-13H2,1H3,(H,27,28,29);/q;+1/p-1. The topological polar surface area (TPSA) is 86.7 Å². The van der Waals surface area contributed by atoms with E-state index >= 15 is 0 Å². The molecule has 32 heavy (non-hydrogen) atoms. The second-order valence-electron chi connectivity index (χ2n) is 8.12. The van der Waals surface area contributed by atoms with E-state index in [1.54, 1.807) is 12.1 Å². The van der Waals surface area contributed by atoms with Crippen molar-refractivity contribution in [1.82, 2.24) is 0 Å². The van der Waals surface area contributed by atoms with Gasteiger partial charge in [-0.05, 0) is 42.7 Å². The Hall–Kier alpha value is -0.414. The van der Waals surface area contributed by atoms with Gasteiger partial charge in [-0.1, -0.05) is 89.3 Å². The Morgan fingerprint density at radius 1 is 0.812 bits per heavy atom.